The zero-order valence-electron chi connectivity index (χ0n) is 7.10. The molecule has 1 aromatic carbocycles. The number of likely N-dealkylation sites (N-methyl/N-ethyl adjacent to an activating group) is 1. The minimum Gasteiger partial charge on any atom is -0.316 e. The van der Waals surface area contributed by atoms with Crippen LogP contribution in [0.2, 0.25) is 0 Å². The van der Waals surface area contributed by atoms with Crippen molar-refractivity contribution in [1.82, 2.24) is 5.32 Å². The fourth-order valence-electron chi connectivity index (χ4n) is 1.00. The average Bonchev–Trinajstić information content (AvgIpc) is 2.06. The van der Waals surface area contributed by atoms with Gasteiger partial charge in [0.05, 0.1) is 0 Å². The lowest BCUT2D eigenvalue weighted by atomic mass is 10.1. The monoisotopic (exact) mass is 165 g/mol. The van der Waals surface area contributed by atoms with Gasteiger partial charge in [-0.3, -0.25) is 0 Å². The van der Waals surface area contributed by atoms with Crippen molar-refractivity contribution in [3.05, 3.63) is 42.2 Å². The third kappa shape index (κ3) is 2.17. The lowest BCUT2D eigenvalue weighted by Crippen LogP contribution is -2.08. The fraction of sp³-hybridized carbons (Fsp3) is 0.200. The highest BCUT2D eigenvalue weighted by atomic mass is 19.1. The van der Waals surface area contributed by atoms with Crippen LogP contribution in [-0.2, 0) is 0 Å². The van der Waals surface area contributed by atoms with Crippen molar-refractivity contribution in [2.24, 2.45) is 0 Å². The minimum atomic E-state index is -0.212. The second kappa shape index (κ2) is 4.02. The molecule has 0 amide bonds. The van der Waals surface area contributed by atoms with Crippen LogP contribution >= 0.6 is 0 Å². The van der Waals surface area contributed by atoms with Gasteiger partial charge >= 0.3 is 0 Å². The number of halogens is 1. The summed E-state index contributed by atoms with van der Waals surface area (Å²) in [6, 6.07) is 6.34. The molecular weight excluding hydrogens is 153 g/mol. The molecule has 1 rings (SSSR count). The molecule has 1 aromatic rings. The van der Waals surface area contributed by atoms with Gasteiger partial charge in [-0.15, -0.1) is 0 Å². The molecule has 12 heavy (non-hydrogen) atoms. The Hall–Kier alpha value is -1.15. The normalized spacial score (nSPS) is 9.83. The minimum absolute atomic E-state index is 0.212. The fourth-order valence-corrected chi connectivity index (χ4v) is 1.00. The number of rotatable bonds is 3. The SMILES string of the molecule is C=C(CNC)c1ccc(F)cc1. The summed E-state index contributed by atoms with van der Waals surface area (Å²) in [7, 11) is 1.86. The standard InChI is InChI=1S/C10H12FN/c1-8(7-12-2)9-3-5-10(11)6-4-9/h3-6,12H,1,7H2,2H3. The molecule has 0 aliphatic rings. The van der Waals surface area contributed by atoms with Crippen molar-refractivity contribution in [3.8, 4) is 0 Å². The van der Waals surface area contributed by atoms with Crippen LogP contribution in [0.4, 0.5) is 4.39 Å². The zero-order valence-corrected chi connectivity index (χ0v) is 7.10. The molecule has 1 nitrogen and oxygen atoms in total. The smallest absolute Gasteiger partial charge is 0.123 e. The van der Waals surface area contributed by atoms with E-state index in [0.717, 1.165) is 17.7 Å². The van der Waals surface area contributed by atoms with Crippen molar-refractivity contribution in [2.75, 3.05) is 13.6 Å². The van der Waals surface area contributed by atoms with E-state index in [0.29, 0.717) is 0 Å². The van der Waals surface area contributed by atoms with Crippen LogP contribution in [-0.4, -0.2) is 13.6 Å². The van der Waals surface area contributed by atoms with Crippen LogP contribution in [0.1, 0.15) is 5.56 Å². The van der Waals surface area contributed by atoms with Gasteiger partial charge in [0.2, 0.25) is 0 Å². The Bertz CT molecular complexity index is 264. The molecule has 0 aromatic heterocycles. The van der Waals surface area contributed by atoms with E-state index < -0.39 is 0 Å². The zero-order chi connectivity index (χ0) is 8.97. The Morgan fingerprint density at radius 3 is 2.50 bits per heavy atom. The van der Waals surface area contributed by atoms with Crippen molar-refractivity contribution in [1.29, 1.82) is 0 Å². The average molecular weight is 165 g/mol. The van der Waals surface area contributed by atoms with E-state index in [1.165, 1.54) is 12.1 Å². The first-order valence-electron chi connectivity index (χ1n) is 3.82. The van der Waals surface area contributed by atoms with Crippen molar-refractivity contribution in [3.63, 3.8) is 0 Å². The van der Waals surface area contributed by atoms with Crippen LogP contribution in [0.25, 0.3) is 5.57 Å². The van der Waals surface area contributed by atoms with Crippen LogP contribution < -0.4 is 5.32 Å². The van der Waals surface area contributed by atoms with E-state index in [4.69, 9.17) is 0 Å². The predicted molar refractivity (Wildman–Crippen MR) is 49.4 cm³/mol. The molecular formula is C10H12FN. The van der Waals surface area contributed by atoms with Crippen LogP contribution in [0.3, 0.4) is 0 Å². The first-order valence-corrected chi connectivity index (χ1v) is 3.82. The van der Waals surface area contributed by atoms with E-state index in [1.54, 1.807) is 12.1 Å². The van der Waals surface area contributed by atoms with E-state index in [1.807, 2.05) is 7.05 Å². The van der Waals surface area contributed by atoms with Crippen LogP contribution in [0.15, 0.2) is 30.8 Å². The maximum Gasteiger partial charge on any atom is 0.123 e. The molecule has 1 N–H and O–H groups in total. The summed E-state index contributed by atoms with van der Waals surface area (Å²) >= 11 is 0. The molecule has 0 saturated carbocycles. The molecule has 0 aliphatic heterocycles. The van der Waals surface area contributed by atoms with Gasteiger partial charge < -0.3 is 5.32 Å². The van der Waals surface area contributed by atoms with Crippen LogP contribution in [0.5, 0.6) is 0 Å². The highest BCUT2D eigenvalue weighted by Crippen LogP contribution is 2.11. The Morgan fingerprint density at radius 1 is 1.42 bits per heavy atom. The summed E-state index contributed by atoms with van der Waals surface area (Å²) in [5.74, 6) is -0.212. The summed E-state index contributed by atoms with van der Waals surface area (Å²) in [5, 5.41) is 2.99. The molecule has 0 saturated heterocycles. The van der Waals surface area contributed by atoms with Crippen molar-refractivity contribution >= 4 is 5.57 Å². The highest BCUT2D eigenvalue weighted by Gasteiger charge is 1.96. The van der Waals surface area contributed by atoms with Gasteiger partial charge in [-0.25, -0.2) is 4.39 Å². The molecule has 0 bridgehead atoms. The van der Waals surface area contributed by atoms with E-state index >= 15 is 0 Å². The van der Waals surface area contributed by atoms with Gasteiger partial charge in [-0.1, -0.05) is 18.7 Å². The second-order valence-electron chi connectivity index (χ2n) is 2.64. The molecule has 0 atom stereocenters. The third-order valence-corrected chi connectivity index (χ3v) is 1.64. The number of nitrogens with one attached hydrogen (secondary N) is 1. The lowest BCUT2D eigenvalue weighted by Gasteiger charge is -2.03. The van der Waals surface area contributed by atoms with Gasteiger partial charge in [-0.2, -0.15) is 0 Å². The number of hydrogen-bond acceptors (Lipinski definition) is 1. The van der Waals surface area contributed by atoms with Gasteiger partial charge in [0.15, 0.2) is 0 Å². The second-order valence-corrected chi connectivity index (χ2v) is 2.64. The molecule has 0 aliphatic carbocycles. The maximum absolute atomic E-state index is 12.5. The summed E-state index contributed by atoms with van der Waals surface area (Å²) in [6.45, 7) is 4.59. The molecule has 0 heterocycles. The first-order chi connectivity index (χ1) is 5.74. The molecule has 0 radical (unpaired) electrons. The first kappa shape index (κ1) is 8.94. The predicted octanol–water partition coefficient (Wildman–Crippen LogP) is 2.06. The summed E-state index contributed by atoms with van der Waals surface area (Å²) in [6.07, 6.45) is 0. The quantitative estimate of drug-likeness (QED) is 0.722. The third-order valence-electron chi connectivity index (χ3n) is 1.64. The number of hydrogen-bond donors (Lipinski definition) is 1. The summed E-state index contributed by atoms with van der Waals surface area (Å²) in [5.41, 5.74) is 1.95. The number of benzene rings is 1. The Labute approximate surface area is 71.9 Å². The highest BCUT2D eigenvalue weighted by molar-refractivity contribution is 5.64. The summed E-state index contributed by atoms with van der Waals surface area (Å²) < 4.78 is 12.5. The van der Waals surface area contributed by atoms with Gasteiger partial charge in [0, 0.05) is 6.54 Å². The Morgan fingerprint density at radius 2 is 2.00 bits per heavy atom. The van der Waals surface area contributed by atoms with Crippen molar-refractivity contribution < 1.29 is 4.39 Å². The van der Waals surface area contributed by atoms with Gasteiger partial charge in [0.1, 0.15) is 5.82 Å². The molecule has 0 spiro atoms. The van der Waals surface area contributed by atoms with Gasteiger partial charge in [0.25, 0.3) is 0 Å². The Kier molecular flexibility index (Phi) is 3.00. The maximum atomic E-state index is 12.5. The Balaban J connectivity index is 2.75. The largest absolute Gasteiger partial charge is 0.316 e. The van der Waals surface area contributed by atoms with Crippen LogP contribution in [0, 0.1) is 5.82 Å². The topological polar surface area (TPSA) is 12.0 Å². The van der Waals surface area contributed by atoms with E-state index in [9.17, 15) is 4.39 Å². The molecule has 0 fully saturated rings. The molecule has 2 heteroatoms. The van der Waals surface area contributed by atoms with Gasteiger partial charge in [-0.05, 0) is 30.3 Å². The molecule has 0 unspecified atom stereocenters. The van der Waals surface area contributed by atoms with E-state index in [-0.39, 0.29) is 5.82 Å². The van der Waals surface area contributed by atoms with E-state index in [2.05, 4.69) is 11.9 Å². The van der Waals surface area contributed by atoms with Crippen molar-refractivity contribution in [2.45, 2.75) is 0 Å². The molecule has 64 valence electrons. The lowest BCUT2D eigenvalue weighted by molar-refractivity contribution is 0.627. The summed E-state index contributed by atoms with van der Waals surface area (Å²) in [4.78, 5) is 0.